The Kier molecular flexibility index (Phi) is 3.93. The highest BCUT2D eigenvalue weighted by molar-refractivity contribution is 5.56. The summed E-state index contributed by atoms with van der Waals surface area (Å²) in [5, 5.41) is 11.0. The van der Waals surface area contributed by atoms with Crippen LogP contribution in [-0.4, -0.2) is 17.0 Å². The smallest absolute Gasteiger partial charge is 0.311 e. The van der Waals surface area contributed by atoms with Gasteiger partial charge in [-0.1, -0.05) is 12.1 Å². The lowest BCUT2D eigenvalue weighted by Gasteiger charge is -2.18. The summed E-state index contributed by atoms with van der Waals surface area (Å²) in [6, 6.07) is 7.82. The minimum absolute atomic E-state index is 0.0671. The zero-order chi connectivity index (χ0) is 14.7. The van der Waals surface area contributed by atoms with Gasteiger partial charge in [-0.3, -0.25) is 10.1 Å². The van der Waals surface area contributed by atoms with Crippen LogP contribution in [0.15, 0.2) is 36.5 Å². The fraction of sp³-hybridized carbons (Fsp3) is 0.214. The number of halogens is 1. The summed E-state index contributed by atoms with van der Waals surface area (Å²) >= 11 is 0. The maximum atomic E-state index is 13.5. The van der Waals surface area contributed by atoms with Crippen molar-refractivity contribution in [3.63, 3.8) is 0 Å². The van der Waals surface area contributed by atoms with E-state index in [2.05, 4.69) is 4.98 Å². The normalized spacial score (nSPS) is 10.3. The van der Waals surface area contributed by atoms with Gasteiger partial charge in [0.15, 0.2) is 0 Å². The predicted molar refractivity (Wildman–Crippen MR) is 74.1 cm³/mol. The molecule has 0 atom stereocenters. The quantitative estimate of drug-likeness (QED) is 0.635. The Morgan fingerprint density at radius 2 is 2.15 bits per heavy atom. The third-order valence-electron chi connectivity index (χ3n) is 2.98. The van der Waals surface area contributed by atoms with Crippen LogP contribution >= 0.6 is 0 Å². The number of nitro groups is 1. The molecular weight excluding hydrogens is 261 g/mol. The molecule has 20 heavy (non-hydrogen) atoms. The number of nitrogens with zero attached hydrogens (tertiary/aromatic N) is 3. The van der Waals surface area contributed by atoms with Crippen LogP contribution in [0.1, 0.15) is 11.1 Å². The molecule has 0 aliphatic carbocycles. The fourth-order valence-electron chi connectivity index (χ4n) is 1.91. The summed E-state index contributed by atoms with van der Waals surface area (Å²) in [5.41, 5.74) is 1.23. The summed E-state index contributed by atoms with van der Waals surface area (Å²) in [6.45, 7) is 2.03. The van der Waals surface area contributed by atoms with Crippen LogP contribution in [0.3, 0.4) is 0 Å². The standard InChI is InChI=1S/C14H14FN3O2/c1-10-5-6-11(8-12(10)15)9-17(2)14-13(18(19)20)4-3-7-16-14/h3-8H,9H2,1-2H3. The first kappa shape index (κ1) is 13.9. The van der Waals surface area contributed by atoms with E-state index in [1.54, 1.807) is 31.0 Å². The van der Waals surface area contributed by atoms with Gasteiger partial charge in [0, 0.05) is 25.9 Å². The molecule has 0 aliphatic heterocycles. The van der Waals surface area contributed by atoms with E-state index in [-0.39, 0.29) is 17.3 Å². The zero-order valence-electron chi connectivity index (χ0n) is 11.2. The fourth-order valence-corrected chi connectivity index (χ4v) is 1.91. The van der Waals surface area contributed by atoms with Crippen LogP contribution in [0.4, 0.5) is 15.9 Å². The summed E-state index contributed by atoms with van der Waals surface area (Å²) in [7, 11) is 1.69. The number of aromatic nitrogens is 1. The Morgan fingerprint density at radius 1 is 1.40 bits per heavy atom. The van der Waals surface area contributed by atoms with Gasteiger partial charge in [-0.2, -0.15) is 0 Å². The van der Waals surface area contributed by atoms with Crippen molar-refractivity contribution in [2.45, 2.75) is 13.5 Å². The molecule has 0 saturated heterocycles. The summed E-state index contributed by atoms with van der Waals surface area (Å²) in [6.07, 6.45) is 1.49. The van der Waals surface area contributed by atoms with Crippen molar-refractivity contribution < 1.29 is 9.31 Å². The second-order valence-electron chi connectivity index (χ2n) is 4.54. The van der Waals surface area contributed by atoms with Gasteiger partial charge in [-0.05, 0) is 30.2 Å². The van der Waals surface area contributed by atoms with E-state index in [4.69, 9.17) is 0 Å². The zero-order valence-corrected chi connectivity index (χ0v) is 11.2. The minimum atomic E-state index is -0.478. The van der Waals surface area contributed by atoms with Crippen LogP contribution in [0.2, 0.25) is 0 Å². The second-order valence-corrected chi connectivity index (χ2v) is 4.54. The van der Waals surface area contributed by atoms with Gasteiger partial charge in [0.25, 0.3) is 0 Å². The molecule has 1 heterocycles. The van der Waals surface area contributed by atoms with E-state index in [1.807, 2.05) is 0 Å². The number of anilines is 1. The molecule has 0 amide bonds. The predicted octanol–water partition coefficient (Wildman–Crippen LogP) is 3.07. The van der Waals surface area contributed by atoms with Crippen LogP contribution in [0, 0.1) is 22.9 Å². The van der Waals surface area contributed by atoms with E-state index in [0.29, 0.717) is 12.1 Å². The van der Waals surface area contributed by atoms with Gasteiger partial charge in [0.1, 0.15) is 5.82 Å². The third-order valence-corrected chi connectivity index (χ3v) is 2.98. The average molecular weight is 275 g/mol. The molecule has 2 aromatic rings. The third kappa shape index (κ3) is 2.90. The minimum Gasteiger partial charge on any atom is -0.350 e. The molecule has 0 N–H and O–H groups in total. The molecule has 1 aromatic heterocycles. The monoisotopic (exact) mass is 275 g/mol. The van der Waals surface area contributed by atoms with Crippen molar-refractivity contribution in [3.8, 4) is 0 Å². The maximum Gasteiger partial charge on any atom is 0.311 e. The average Bonchev–Trinajstić information content (AvgIpc) is 2.43. The number of pyridine rings is 1. The van der Waals surface area contributed by atoms with Crippen molar-refractivity contribution in [1.29, 1.82) is 0 Å². The number of aryl methyl sites for hydroxylation is 1. The van der Waals surface area contributed by atoms with Crippen molar-refractivity contribution in [2.75, 3.05) is 11.9 Å². The highest BCUT2D eigenvalue weighted by atomic mass is 19.1. The molecule has 0 spiro atoms. The van der Waals surface area contributed by atoms with Gasteiger partial charge in [0.05, 0.1) is 4.92 Å². The molecule has 0 unspecified atom stereocenters. The molecule has 0 bridgehead atoms. The molecule has 6 heteroatoms. The van der Waals surface area contributed by atoms with Crippen molar-refractivity contribution >= 4 is 11.5 Å². The Labute approximate surface area is 115 Å². The highest BCUT2D eigenvalue weighted by Crippen LogP contribution is 2.25. The summed E-state index contributed by atoms with van der Waals surface area (Å²) in [5.74, 6) is -0.0232. The first-order valence-corrected chi connectivity index (χ1v) is 6.04. The molecule has 2 rings (SSSR count). The Bertz CT molecular complexity index is 646. The maximum absolute atomic E-state index is 13.5. The van der Waals surface area contributed by atoms with Gasteiger partial charge >= 0.3 is 5.69 Å². The van der Waals surface area contributed by atoms with E-state index in [0.717, 1.165) is 5.56 Å². The van der Waals surface area contributed by atoms with Crippen LogP contribution in [0.5, 0.6) is 0 Å². The molecule has 1 aromatic carbocycles. The summed E-state index contributed by atoms with van der Waals surface area (Å²) < 4.78 is 13.5. The first-order valence-electron chi connectivity index (χ1n) is 6.04. The van der Waals surface area contributed by atoms with Crippen molar-refractivity contribution in [2.24, 2.45) is 0 Å². The molecule has 5 nitrogen and oxygen atoms in total. The topological polar surface area (TPSA) is 59.3 Å². The molecule has 0 radical (unpaired) electrons. The lowest BCUT2D eigenvalue weighted by Crippen LogP contribution is -2.19. The Hall–Kier alpha value is -2.50. The highest BCUT2D eigenvalue weighted by Gasteiger charge is 2.18. The van der Waals surface area contributed by atoms with Gasteiger partial charge in [-0.15, -0.1) is 0 Å². The van der Waals surface area contributed by atoms with Gasteiger partial charge < -0.3 is 4.90 Å². The van der Waals surface area contributed by atoms with Crippen LogP contribution < -0.4 is 4.90 Å². The van der Waals surface area contributed by atoms with E-state index in [9.17, 15) is 14.5 Å². The van der Waals surface area contributed by atoms with Crippen molar-refractivity contribution in [3.05, 3.63) is 63.6 Å². The van der Waals surface area contributed by atoms with Crippen LogP contribution in [-0.2, 0) is 6.54 Å². The van der Waals surface area contributed by atoms with E-state index < -0.39 is 4.92 Å². The molecule has 0 aliphatic rings. The first-order chi connectivity index (χ1) is 9.49. The largest absolute Gasteiger partial charge is 0.350 e. The summed E-state index contributed by atoms with van der Waals surface area (Å²) in [4.78, 5) is 16.1. The van der Waals surface area contributed by atoms with Crippen LogP contribution in [0.25, 0.3) is 0 Å². The van der Waals surface area contributed by atoms with E-state index in [1.165, 1.54) is 24.4 Å². The molecular formula is C14H14FN3O2. The molecule has 0 saturated carbocycles. The Balaban J connectivity index is 2.26. The SMILES string of the molecule is Cc1ccc(CN(C)c2ncccc2[N+](=O)[O-])cc1F. The lowest BCUT2D eigenvalue weighted by molar-refractivity contribution is -0.384. The van der Waals surface area contributed by atoms with E-state index >= 15 is 0 Å². The van der Waals surface area contributed by atoms with Gasteiger partial charge in [-0.25, -0.2) is 9.37 Å². The van der Waals surface area contributed by atoms with Crippen molar-refractivity contribution in [1.82, 2.24) is 4.98 Å². The second kappa shape index (κ2) is 5.64. The molecule has 0 fully saturated rings. The Morgan fingerprint density at radius 3 is 2.80 bits per heavy atom. The number of hydrogen-bond acceptors (Lipinski definition) is 4. The number of hydrogen-bond donors (Lipinski definition) is 0. The van der Waals surface area contributed by atoms with Gasteiger partial charge in [0.2, 0.25) is 5.82 Å². The molecule has 104 valence electrons. The number of rotatable bonds is 4. The lowest BCUT2D eigenvalue weighted by atomic mass is 10.1. The number of benzene rings is 1.